The van der Waals surface area contributed by atoms with Gasteiger partial charge in [-0.15, -0.1) is 0 Å². The van der Waals surface area contributed by atoms with Crippen molar-refractivity contribution in [2.24, 2.45) is 5.73 Å². The van der Waals surface area contributed by atoms with Crippen molar-refractivity contribution in [1.29, 1.82) is 0 Å². The summed E-state index contributed by atoms with van der Waals surface area (Å²) < 4.78 is 0. The predicted molar refractivity (Wildman–Crippen MR) is 38.7 cm³/mol. The van der Waals surface area contributed by atoms with E-state index in [4.69, 9.17) is 10.8 Å². The van der Waals surface area contributed by atoms with E-state index in [2.05, 4.69) is 4.98 Å². The molecule has 3 heteroatoms. The molecule has 0 aromatic carbocycles. The molecule has 1 heterocycles. The summed E-state index contributed by atoms with van der Waals surface area (Å²) in [4.78, 5) is 3.74. The molecule has 0 unspecified atom stereocenters. The van der Waals surface area contributed by atoms with Crippen LogP contribution in [0.25, 0.3) is 0 Å². The average Bonchev–Trinajstić information content (AvgIpc) is 1.94. The second kappa shape index (κ2) is 3.17. The average molecular weight is 138 g/mol. The largest absolute Gasteiger partial charge is 0.506 e. The Hall–Kier alpha value is -1.09. The van der Waals surface area contributed by atoms with Crippen LogP contribution >= 0.6 is 0 Å². The zero-order chi connectivity index (χ0) is 7.40. The van der Waals surface area contributed by atoms with Crippen molar-refractivity contribution in [3.05, 3.63) is 24.0 Å². The highest BCUT2D eigenvalue weighted by molar-refractivity contribution is 5.28. The molecule has 0 fully saturated rings. The first-order valence-electron chi connectivity index (χ1n) is 3.16. The Kier molecular flexibility index (Phi) is 2.23. The lowest BCUT2D eigenvalue weighted by atomic mass is 10.2. The zero-order valence-electron chi connectivity index (χ0n) is 5.62. The van der Waals surface area contributed by atoms with Crippen LogP contribution in [-0.4, -0.2) is 16.6 Å². The van der Waals surface area contributed by atoms with Gasteiger partial charge in [0.05, 0.1) is 6.20 Å². The molecule has 10 heavy (non-hydrogen) atoms. The summed E-state index contributed by atoms with van der Waals surface area (Å²) in [6, 6.07) is 1.77. The Balaban J connectivity index is 2.81. The Morgan fingerprint density at radius 2 is 2.40 bits per heavy atom. The molecule has 1 aromatic rings. The van der Waals surface area contributed by atoms with Crippen molar-refractivity contribution in [2.75, 3.05) is 6.54 Å². The Labute approximate surface area is 59.5 Å². The number of nitrogens with two attached hydrogens (primary N) is 1. The van der Waals surface area contributed by atoms with Gasteiger partial charge in [0.2, 0.25) is 0 Å². The molecule has 1 rings (SSSR count). The van der Waals surface area contributed by atoms with Gasteiger partial charge in [0.15, 0.2) is 0 Å². The lowest BCUT2D eigenvalue weighted by Gasteiger charge is -1.99. The molecule has 0 aliphatic carbocycles. The van der Waals surface area contributed by atoms with E-state index in [0.29, 0.717) is 13.0 Å². The fraction of sp³-hybridized carbons (Fsp3) is 0.286. The van der Waals surface area contributed by atoms with Crippen molar-refractivity contribution in [3.63, 3.8) is 0 Å². The maximum Gasteiger partial charge on any atom is 0.137 e. The minimum absolute atomic E-state index is 0.230. The summed E-state index contributed by atoms with van der Waals surface area (Å²) in [6.45, 7) is 0.553. The van der Waals surface area contributed by atoms with Crippen LogP contribution in [0.15, 0.2) is 18.5 Å². The first-order valence-corrected chi connectivity index (χ1v) is 3.16. The first kappa shape index (κ1) is 7.02. The second-order valence-electron chi connectivity index (χ2n) is 2.04. The van der Waals surface area contributed by atoms with Crippen molar-refractivity contribution in [3.8, 4) is 5.75 Å². The van der Waals surface area contributed by atoms with Gasteiger partial charge in [0.1, 0.15) is 5.75 Å². The van der Waals surface area contributed by atoms with E-state index in [1.165, 1.54) is 6.20 Å². The van der Waals surface area contributed by atoms with Crippen LogP contribution in [0.4, 0.5) is 0 Å². The van der Waals surface area contributed by atoms with E-state index in [0.717, 1.165) is 5.56 Å². The molecule has 0 saturated heterocycles. The van der Waals surface area contributed by atoms with Crippen LogP contribution in [0.1, 0.15) is 5.56 Å². The highest BCUT2D eigenvalue weighted by atomic mass is 16.3. The van der Waals surface area contributed by atoms with Gasteiger partial charge in [-0.1, -0.05) is 0 Å². The molecule has 0 aliphatic heterocycles. The molecule has 0 amide bonds. The van der Waals surface area contributed by atoms with E-state index in [1.807, 2.05) is 0 Å². The summed E-state index contributed by atoms with van der Waals surface area (Å²) in [5.41, 5.74) is 6.16. The molecule has 3 nitrogen and oxygen atoms in total. The van der Waals surface area contributed by atoms with Gasteiger partial charge in [0, 0.05) is 6.20 Å². The highest BCUT2D eigenvalue weighted by Crippen LogP contribution is 2.13. The topological polar surface area (TPSA) is 59.1 Å². The van der Waals surface area contributed by atoms with Gasteiger partial charge < -0.3 is 10.8 Å². The molecule has 1 aromatic heterocycles. The van der Waals surface area contributed by atoms with Crippen molar-refractivity contribution in [2.45, 2.75) is 6.42 Å². The maximum atomic E-state index is 9.12. The lowest BCUT2D eigenvalue weighted by Crippen LogP contribution is -2.02. The fourth-order valence-corrected chi connectivity index (χ4v) is 0.782. The number of aromatic nitrogens is 1. The Morgan fingerprint density at radius 1 is 1.60 bits per heavy atom. The molecule has 0 atom stereocenters. The van der Waals surface area contributed by atoms with E-state index >= 15 is 0 Å². The summed E-state index contributed by atoms with van der Waals surface area (Å²) in [7, 11) is 0. The van der Waals surface area contributed by atoms with E-state index < -0.39 is 0 Å². The standard InChI is InChI=1S/C7H10N2O/c8-3-1-6-2-4-9-5-7(6)10/h2,4-5,10H,1,3,8H2. The summed E-state index contributed by atoms with van der Waals surface area (Å²) in [6.07, 6.45) is 3.77. The van der Waals surface area contributed by atoms with Crippen LogP contribution in [0.3, 0.4) is 0 Å². The predicted octanol–water partition coefficient (Wildman–Crippen LogP) is 0.288. The minimum Gasteiger partial charge on any atom is -0.506 e. The Morgan fingerprint density at radius 3 is 3.00 bits per heavy atom. The quantitative estimate of drug-likeness (QED) is 0.617. The van der Waals surface area contributed by atoms with Crippen LogP contribution in [-0.2, 0) is 6.42 Å². The fourth-order valence-electron chi connectivity index (χ4n) is 0.782. The Bertz CT molecular complexity index is 213. The van der Waals surface area contributed by atoms with Gasteiger partial charge in [-0.2, -0.15) is 0 Å². The molecule has 0 spiro atoms. The van der Waals surface area contributed by atoms with Crippen molar-refractivity contribution < 1.29 is 5.11 Å². The third-order valence-electron chi connectivity index (χ3n) is 1.30. The third kappa shape index (κ3) is 1.45. The maximum absolute atomic E-state index is 9.12. The number of rotatable bonds is 2. The van der Waals surface area contributed by atoms with Gasteiger partial charge >= 0.3 is 0 Å². The van der Waals surface area contributed by atoms with Crippen LogP contribution in [0.2, 0.25) is 0 Å². The molecular formula is C7H10N2O. The number of aromatic hydroxyl groups is 1. The molecule has 3 N–H and O–H groups in total. The molecule has 0 saturated carbocycles. The summed E-state index contributed by atoms with van der Waals surface area (Å²) >= 11 is 0. The smallest absolute Gasteiger partial charge is 0.137 e. The first-order chi connectivity index (χ1) is 4.84. The zero-order valence-corrected chi connectivity index (χ0v) is 5.62. The molecule has 0 aliphatic rings. The number of hydrogen-bond donors (Lipinski definition) is 2. The molecule has 0 bridgehead atoms. The van der Waals surface area contributed by atoms with E-state index in [1.54, 1.807) is 12.3 Å². The monoisotopic (exact) mass is 138 g/mol. The number of hydrogen-bond acceptors (Lipinski definition) is 3. The van der Waals surface area contributed by atoms with Crippen LogP contribution in [0.5, 0.6) is 5.75 Å². The minimum atomic E-state index is 0.230. The van der Waals surface area contributed by atoms with E-state index in [9.17, 15) is 0 Å². The molecular weight excluding hydrogens is 128 g/mol. The van der Waals surface area contributed by atoms with Gasteiger partial charge in [-0.25, -0.2) is 0 Å². The van der Waals surface area contributed by atoms with Crippen molar-refractivity contribution in [1.82, 2.24) is 4.98 Å². The van der Waals surface area contributed by atoms with Crippen LogP contribution < -0.4 is 5.73 Å². The van der Waals surface area contributed by atoms with Gasteiger partial charge in [0.25, 0.3) is 0 Å². The van der Waals surface area contributed by atoms with Gasteiger partial charge in [-0.05, 0) is 24.6 Å². The summed E-state index contributed by atoms with van der Waals surface area (Å²) in [5.74, 6) is 0.230. The van der Waals surface area contributed by atoms with Crippen molar-refractivity contribution >= 4 is 0 Å². The lowest BCUT2D eigenvalue weighted by molar-refractivity contribution is 0.465. The molecule has 54 valence electrons. The third-order valence-corrected chi connectivity index (χ3v) is 1.30. The van der Waals surface area contributed by atoms with Crippen LogP contribution in [0, 0.1) is 0 Å². The highest BCUT2D eigenvalue weighted by Gasteiger charge is 1.96. The number of nitrogens with zero attached hydrogens (tertiary/aromatic N) is 1. The molecule has 0 radical (unpaired) electrons. The summed E-state index contributed by atoms with van der Waals surface area (Å²) in [5, 5.41) is 9.12. The second-order valence-corrected chi connectivity index (χ2v) is 2.04. The SMILES string of the molecule is NCCc1ccncc1O. The van der Waals surface area contributed by atoms with E-state index in [-0.39, 0.29) is 5.75 Å². The van der Waals surface area contributed by atoms with Gasteiger partial charge in [-0.3, -0.25) is 4.98 Å². The number of pyridine rings is 1. The normalized spacial score (nSPS) is 9.70.